The van der Waals surface area contributed by atoms with Crippen molar-refractivity contribution in [2.75, 3.05) is 17.8 Å². The summed E-state index contributed by atoms with van der Waals surface area (Å²) in [7, 11) is 0.191. The van der Waals surface area contributed by atoms with Gasteiger partial charge in [-0.2, -0.15) is 8.42 Å². The quantitative estimate of drug-likeness (QED) is 0.509. The van der Waals surface area contributed by atoms with Crippen molar-refractivity contribution in [2.45, 2.75) is 12.5 Å². The molecule has 6 heteroatoms. The maximum Gasteiger partial charge on any atom is 0.264 e. The molecule has 1 atom stereocenters. The lowest BCUT2D eigenvalue weighted by Crippen LogP contribution is -2.22. The van der Waals surface area contributed by atoms with Crippen LogP contribution in [-0.4, -0.2) is 32.3 Å². The van der Waals surface area contributed by atoms with E-state index < -0.39 is 10.1 Å². The summed E-state index contributed by atoms with van der Waals surface area (Å²) in [5.74, 6) is 1.75. The van der Waals surface area contributed by atoms with Gasteiger partial charge in [0.25, 0.3) is 10.1 Å². The van der Waals surface area contributed by atoms with Gasteiger partial charge in [-0.15, -0.1) is 0 Å². The smallest absolute Gasteiger partial charge is 0.264 e. The maximum absolute atomic E-state index is 10.7. The monoisotopic (exact) mass is 214 g/mol. The van der Waals surface area contributed by atoms with E-state index >= 15 is 0 Å². The molecule has 1 fully saturated rings. The first-order chi connectivity index (χ1) is 5.08. The van der Waals surface area contributed by atoms with E-state index in [1.165, 1.54) is 0 Å². The third-order valence-corrected chi connectivity index (χ3v) is 4.28. The predicted octanol–water partition coefficient (Wildman–Crippen LogP) is 1.12. The first kappa shape index (κ1) is 9.70. The minimum absolute atomic E-state index is 0.101. The van der Waals surface area contributed by atoms with Crippen molar-refractivity contribution in [1.82, 2.24) is 0 Å². The number of hydrogen-bond acceptors (Lipinski definition) is 5. The number of rotatable bonds is 2. The van der Waals surface area contributed by atoms with Crippen LogP contribution in [0.15, 0.2) is 0 Å². The Morgan fingerprint density at radius 1 is 1.45 bits per heavy atom. The van der Waals surface area contributed by atoms with Gasteiger partial charge < -0.3 is 0 Å². The zero-order valence-electron chi connectivity index (χ0n) is 6.15. The molecule has 1 aliphatic heterocycles. The summed E-state index contributed by atoms with van der Waals surface area (Å²) in [6, 6.07) is 0. The highest BCUT2D eigenvalue weighted by atomic mass is 33.1. The maximum atomic E-state index is 10.7. The van der Waals surface area contributed by atoms with Crippen LogP contribution in [0.2, 0.25) is 0 Å². The molecule has 1 rings (SSSR count). The third kappa shape index (κ3) is 4.25. The molecule has 0 aromatic carbocycles. The van der Waals surface area contributed by atoms with Crippen molar-refractivity contribution >= 4 is 31.7 Å². The van der Waals surface area contributed by atoms with Crippen LogP contribution < -0.4 is 0 Å². The first-order valence-electron chi connectivity index (χ1n) is 3.20. The fourth-order valence-corrected chi connectivity index (χ4v) is 3.86. The summed E-state index contributed by atoms with van der Waals surface area (Å²) in [6.07, 6.45) is 1.83. The Morgan fingerprint density at radius 3 is 2.64 bits per heavy atom. The SMILES string of the molecule is CS(=O)(=O)OC1CCSSC1. The average Bonchev–Trinajstić information content (AvgIpc) is 1.85. The molecule has 11 heavy (non-hydrogen) atoms. The number of hydrogen-bond donors (Lipinski definition) is 0. The normalized spacial score (nSPS) is 26.8. The van der Waals surface area contributed by atoms with Gasteiger partial charge in [-0.3, -0.25) is 4.18 Å². The Bertz CT molecular complexity index is 205. The summed E-state index contributed by atoms with van der Waals surface area (Å²) in [5, 5.41) is 0. The van der Waals surface area contributed by atoms with Crippen LogP contribution in [0.1, 0.15) is 6.42 Å². The summed E-state index contributed by atoms with van der Waals surface area (Å²) >= 11 is 0. The van der Waals surface area contributed by atoms with Crippen molar-refractivity contribution in [3.05, 3.63) is 0 Å². The lowest BCUT2D eigenvalue weighted by atomic mass is 10.3. The van der Waals surface area contributed by atoms with Crippen molar-refractivity contribution in [3.63, 3.8) is 0 Å². The second-order valence-electron chi connectivity index (χ2n) is 2.32. The van der Waals surface area contributed by atoms with Gasteiger partial charge in [-0.25, -0.2) is 0 Å². The molecule has 0 bridgehead atoms. The highest BCUT2D eigenvalue weighted by Gasteiger charge is 2.18. The topological polar surface area (TPSA) is 43.4 Å². The summed E-state index contributed by atoms with van der Waals surface area (Å²) in [6.45, 7) is 0. The van der Waals surface area contributed by atoms with Crippen LogP contribution in [0.4, 0.5) is 0 Å². The van der Waals surface area contributed by atoms with Crippen LogP contribution in [0.3, 0.4) is 0 Å². The van der Waals surface area contributed by atoms with Crippen LogP contribution in [0.5, 0.6) is 0 Å². The molecule has 0 spiro atoms. The highest BCUT2D eigenvalue weighted by molar-refractivity contribution is 8.76. The zero-order valence-corrected chi connectivity index (χ0v) is 8.60. The molecule has 66 valence electrons. The van der Waals surface area contributed by atoms with E-state index in [-0.39, 0.29) is 6.10 Å². The second kappa shape index (κ2) is 4.02. The molecule has 0 aliphatic carbocycles. The molecule has 1 aliphatic rings. The van der Waals surface area contributed by atoms with Crippen molar-refractivity contribution in [1.29, 1.82) is 0 Å². The Hall–Kier alpha value is 0.610. The molecule has 1 saturated heterocycles. The molecule has 0 amide bonds. The largest absolute Gasteiger partial charge is 0.266 e. The van der Waals surface area contributed by atoms with Crippen LogP contribution >= 0.6 is 21.6 Å². The molecule has 0 aromatic heterocycles. The lowest BCUT2D eigenvalue weighted by Gasteiger charge is -2.19. The van der Waals surface area contributed by atoms with Gasteiger partial charge in [-0.1, -0.05) is 21.6 Å². The van der Waals surface area contributed by atoms with E-state index in [0.717, 1.165) is 24.2 Å². The molecule has 0 N–H and O–H groups in total. The van der Waals surface area contributed by atoms with Crippen molar-refractivity contribution in [2.24, 2.45) is 0 Å². The molecular formula is C5H10O3S3. The lowest BCUT2D eigenvalue weighted by molar-refractivity contribution is 0.232. The average molecular weight is 214 g/mol. The fourth-order valence-electron chi connectivity index (χ4n) is 0.769. The van der Waals surface area contributed by atoms with Gasteiger partial charge in [0.1, 0.15) is 0 Å². The molecule has 1 unspecified atom stereocenters. The minimum Gasteiger partial charge on any atom is -0.266 e. The van der Waals surface area contributed by atoms with Gasteiger partial charge in [0.2, 0.25) is 0 Å². The third-order valence-electron chi connectivity index (χ3n) is 1.17. The molecule has 0 saturated carbocycles. The van der Waals surface area contributed by atoms with Gasteiger partial charge in [0, 0.05) is 11.5 Å². The van der Waals surface area contributed by atoms with E-state index in [4.69, 9.17) is 4.18 Å². The van der Waals surface area contributed by atoms with Gasteiger partial charge in [0.05, 0.1) is 12.4 Å². The standard InChI is InChI=1S/C5H10O3S3/c1-11(6,7)8-5-2-3-9-10-4-5/h5H,2-4H2,1H3. The highest BCUT2D eigenvalue weighted by Crippen LogP contribution is 2.30. The van der Waals surface area contributed by atoms with Crippen LogP contribution in [-0.2, 0) is 14.3 Å². The zero-order chi connectivity index (χ0) is 8.32. The molecule has 0 radical (unpaired) electrons. The van der Waals surface area contributed by atoms with E-state index in [2.05, 4.69) is 0 Å². The summed E-state index contributed by atoms with van der Waals surface area (Å²) < 4.78 is 26.1. The van der Waals surface area contributed by atoms with Crippen LogP contribution in [0, 0.1) is 0 Å². The molecule has 1 heterocycles. The van der Waals surface area contributed by atoms with Gasteiger partial charge in [0.15, 0.2) is 0 Å². The van der Waals surface area contributed by atoms with Crippen LogP contribution in [0.25, 0.3) is 0 Å². The summed E-state index contributed by atoms with van der Waals surface area (Å²) in [5.41, 5.74) is 0. The van der Waals surface area contributed by atoms with E-state index in [0.29, 0.717) is 0 Å². The van der Waals surface area contributed by atoms with Crippen molar-refractivity contribution in [3.8, 4) is 0 Å². The van der Waals surface area contributed by atoms with Crippen molar-refractivity contribution < 1.29 is 12.6 Å². The minimum atomic E-state index is -3.25. The Kier molecular flexibility index (Phi) is 3.54. The fraction of sp³-hybridized carbons (Fsp3) is 1.00. The predicted molar refractivity (Wildman–Crippen MR) is 49.2 cm³/mol. The van der Waals surface area contributed by atoms with E-state index in [1.54, 1.807) is 21.6 Å². The Labute approximate surface area is 74.8 Å². The van der Waals surface area contributed by atoms with Gasteiger partial charge >= 0.3 is 0 Å². The first-order valence-corrected chi connectivity index (χ1v) is 7.51. The molecular weight excluding hydrogens is 204 g/mol. The van der Waals surface area contributed by atoms with Gasteiger partial charge in [-0.05, 0) is 6.42 Å². The van der Waals surface area contributed by atoms with E-state index in [1.807, 2.05) is 0 Å². The van der Waals surface area contributed by atoms with E-state index in [9.17, 15) is 8.42 Å². The molecule has 0 aromatic rings. The second-order valence-corrected chi connectivity index (χ2v) is 6.55. The Balaban J connectivity index is 2.36. The summed E-state index contributed by atoms with van der Waals surface area (Å²) in [4.78, 5) is 0. The molecule has 3 nitrogen and oxygen atoms in total. The Morgan fingerprint density at radius 2 is 2.18 bits per heavy atom.